The number of nitrogens with zero attached hydrogens (tertiary/aromatic N) is 4. The lowest BCUT2D eigenvalue weighted by Crippen LogP contribution is -2.08. The van der Waals surface area contributed by atoms with Gasteiger partial charge in [0.2, 0.25) is 5.82 Å². The van der Waals surface area contributed by atoms with Crippen LogP contribution in [-0.4, -0.2) is 25.6 Å². The number of rotatable bonds is 1. The van der Waals surface area contributed by atoms with Crippen LogP contribution in [0.5, 0.6) is 0 Å². The number of pyridine rings is 1. The van der Waals surface area contributed by atoms with Crippen molar-refractivity contribution in [2.45, 2.75) is 32.1 Å². The maximum absolute atomic E-state index is 4.26. The number of aromatic amines is 1. The first-order valence-electron chi connectivity index (χ1n) is 11.8. The number of benzene rings is 4. The SMILES string of the molecule is CC1CCCc2c1ccc1c2c(-c2nn[nH]n2)cc2ccccc21.c1ccc2cnccc2c1. The number of fused-ring (bicyclic) bond motifs is 6. The Morgan fingerprint density at radius 1 is 0.853 bits per heavy atom. The summed E-state index contributed by atoms with van der Waals surface area (Å²) in [4.78, 5) is 4.01. The number of hydrogen-bond donors (Lipinski definition) is 1. The Balaban J connectivity index is 0.000000182. The number of aryl methyl sites for hydroxylation is 1. The minimum Gasteiger partial charge on any atom is -0.264 e. The maximum Gasteiger partial charge on any atom is 0.205 e. The fourth-order valence-electron chi connectivity index (χ4n) is 5.24. The quantitative estimate of drug-likeness (QED) is 0.282. The molecule has 6 aromatic rings. The van der Waals surface area contributed by atoms with E-state index in [4.69, 9.17) is 0 Å². The Labute approximate surface area is 197 Å². The highest BCUT2D eigenvalue weighted by Crippen LogP contribution is 2.41. The molecule has 1 aliphatic rings. The van der Waals surface area contributed by atoms with Crippen LogP contribution in [0, 0.1) is 0 Å². The van der Waals surface area contributed by atoms with E-state index in [0.29, 0.717) is 11.7 Å². The molecule has 34 heavy (non-hydrogen) atoms. The third-order valence-electron chi connectivity index (χ3n) is 6.90. The van der Waals surface area contributed by atoms with Gasteiger partial charge in [-0.3, -0.25) is 4.98 Å². The average molecular weight is 444 g/mol. The van der Waals surface area contributed by atoms with Crippen molar-refractivity contribution in [3.8, 4) is 11.4 Å². The van der Waals surface area contributed by atoms with E-state index in [2.05, 4.69) is 87.1 Å². The van der Waals surface area contributed by atoms with Crippen molar-refractivity contribution in [1.29, 1.82) is 0 Å². The van der Waals surface area contributed by atoms with Crippen molar-refractivity contribution in [3.63, 3.8) is 0 Å². The van der Waals surface area contributed by atoms with Crippen molar-refractivity contribution < 1.29 is 0 Å². The summed E-state index contributed by atoms with van der Waals surface area (Å²) < 4.78 is 0. The third-order valence-corrected chi connectivity index (χ3v) is 6.90. The van der Waals surface area contributed by atoms with Crippen LogP contribution in [0.1, 0.15) is 36.8 Å². The number of tetrazole rings is 1. The van der Waals surface area contributed by atoms with Gasteiger partial charge in [-0.05, 0) is 86.0 Å². The lowest BCUT2D eigenvalue weighted by Gasteiger charge is -2.25. The molecule has 5 heteroatoms. The molecule has 2 aromatic heterocycles. The fourth-order valence-corrected chi connectivity index (χ4v) is 5.24. The second-order valence-corrected chi connectivity index (χ2v) is 8.95. The van der Waals surface area contributed by atoms with Crippen LogP contribution in [0.3, 0.4) is 0 Å². The van der Waals surface area contributed by atoms with Gasteiger partial charge in [-0.2, -0.15) is 5.21 Å². The lowest BCUT2D eigenvalue weighted by molar-refractivity contribution is 0.593. The zero-order valence-electron chi connectivity index (χ0n) is 19.1. The predicted molar refractivity (Wildman–Crippen MR) is 138 cm³/mol. The molecule has 0 radical (unpaired) electrons. The van der Waals surface area contributed by atoms with Gasteiger partial charge in [-0.1, -0.05) is 67.6 Å². The van der Waals surface area contributed by atoms with E-state index in [0.717, 1.165) is 12.0 Å². The highest BCUT2D eigenvalue weighted by molar-refractivity contribution is 6.14. The van der Waals surface area contributed by atoms with Gasteiger partial charge in [0.1, 0.15) is 0 Å². The largest absolute Gasteiger partial charge is 0.264 e. The molecule has 166 valence electrons. The molecule has 0 saturated heterocycles. The van der Waals surface area contributed by atoms with Crippen LogP contribution >= 0.6 is 0 Å². The van der Waals surface area contributed by atoms with Crippen molar-refractivity contribution in [2.75, 3.05) is 0 Å². The van der Waals surface area contributed by atoms with Gasteiger partial charge < -0.3 is 0 Å². The minimum absolute atomic E-state index is 0.614. The van der Waals surface area contributed by atoms with Crippen LogP contribution in [0.15, 0.2) is 85.2 Å². The van der Waals surface area contributed by atoms with E-state index in [1.807, 2.05) is 30.6 Å². The fraction of sp³-hybridized carbons (Fsp3) is 0.172. The molecule has 2 heterocycles. The molecule has 0 spiro atoms. The van der Waals surface area contributed by atoms with Gasteiger partial charge in [0.25, 0.3) is 0 Å². The van der Waals surface area contributed by atoms with Gasteiger partial charge in [0.15, 0.2) is 0 Å². The molecule has 0 fully saturated rings. The van der Waals surface area contributed by atoms with Crippen LogP contribution in [0.2, 0.25) is 0 Å². The Bertz CT molecular complexity index is 1540. The molecule has 4 aromatic carbocycles. The standard InChI is InChI=1S/C20H18N4.C9H7N/c1-12-5-4-8-16-14(12)9-10-17-15-7-3-2-6-13(15)11-18(19(16)17)20-21-23-24-22-20;1-2-4-9-7-10-6-5-8(9)3-1/h2-3,6-7,9-12H,4-5,8H2,1H3,(H,21,22,23,24);1-7H. The molecule has 0 bridgehead atoms. The zero-order chi connectivity index (χ0) is 22.9. The Morgan fingerprint density at radius 2 is 1.68 bits per heavy atom. The Hall–Kier alpha value is -4.12. The first kappa shape index (κ1) is 20.5. The van der Waals surface area contributed by atoms with E-state index in [1.165, 1.54) is 56.3 Å². The summed E-state index contributed by atoms with van der Waals surface area (Å²) in [5.41, 5.74) is 4.04. The Morgan fingerprint density at radius 3 is 2.50 bits per heavy atom. The van der Waals surface area contributed by atoms with Crippen LogP contribution in [-0.2, 0) is 6.42 Å². The van der Waals surface area contributed by atoms with Gasteiger partial charge in [0.05, 0.1) is 0 Å². The van der Waals surface area contributed by atoms with Crippen molar-refractivity contribution in [3.05, 3.63) is 96.3 Å². The van der Waals surface area contributed by atoms with E-state index in [-0.39, 0.29) is 0 Å². The van der Waals surface area contributed by atoms with E-state index < -0.39 is 0 Å². The Kier molecular flexibility index (Phi) is 5.22. The van der Waals surface area contributed by atoms with Crippen molar-refractivity contribution in [1.82, 2.24) is 25.6 Å². The molecule has 0 amide bonds. The number of nitrogens with one attached hydrogen (secondary N) is 1. The molecule has 1 atom stereocenters. The third kappa shape index (κ3) is 3.59. The minimum atomic E-state index is 0.614. The first-order valence-corrected chi connectivity index (χ1v) is 11.8. The molecule has 1 N–H and O–H groups in total. The van der Waals surface area contributed by atoms with Crippen molar-refractivity contribution in [2.24, 2.45) is 0 Å². The van der Waals surface area contributed by atoms with E-state index >= 15 is 0 Å². The maximum atomic E-state index is 4.26. The van der Waals surface area contributed by atoms with Crippen LogP contribution in [0.4, 0.5) is 0 Å². The molecular formula is C29H25N5. The smallest absolute Gasteiger partial charge is 0.205 e. The van der Waals surface area contributed by atoms with Gasteiger partial charge in [0, 0.05) is 18.0 Å². The lowest BCUT2D eigenvalue weighted by atomic mass is 9.79. The molecule has 0 saturated carbocycles. The zero-order valence-corrected chi connectivity index (χ0v) is 19.1. The highest BCUT2D eigenvalue weighted by Gasteiger charge is 2.22. The summed E-state index contributed by atoms with van der Waals surface area (Å²) in [6.07, 6.45) is 7.31. The summed E-state index contributed by atoms with van der Waals surface area (Å²) >= 11 is 0. The number of hydrogen-bond acceptors (Lipinski definition) is 4. The normalized spacial score (nSPS) is 15.1. The second kappa shape index (κ2) is 8.67. The highest BCUT2D eigenvalue weighted by atomic mass is 15.5. The molecule has 0 aliphatic heterocycles. The summed E-state index contributed by atoms with van der Waals surface area (Å²) in [6.45, 7) is 2.33. The van der Waals surface area contributed by atoms with Crippen LogP contribution in [0.25, 0.3) is 43.7 Å². The summed E-state index contributed by atoms with van der Waals surface area (Å²) in [5.74, 6) is 1.29. The molecular weight excluding hydrogens is 418 g/mol. The summed E-state index contributed by atoms with van der Waals surface area (Å²) in [5, 5.41) is 22.5. The predicted octanol–water partition coefficient (Wildman–Crippen LogP) is 6.85. The van der Waals surface area contributed by atoms with Crippen LogP contribution < -0.4 is 0 Å². The van der Waals surface area contributed by atoms with Crippen molar-refractivity contribution >= 4 is 32.3 Å². The van der Waals surface area contributed by atoms with E-state index in [1.54, 1.807) is 0 Å². The molecule has 5 nitrogen and oxygen atoms in total. The van der Waals surface area contributed by atoms with Gasteiger partial charge in [-0.25, -0.2) is 0 Å². The monoisotopic (exact) mass is 443 g/mol. The molecule has 1 unspecified atom stereocenters. The summed E-state index contributed by atoms with van der Waals surface area (Å²) in [6, 6.07) is 25.6. The van der Waals surface area contributed by atoms with E-state index in [9.17, 15) is 0 Å². The molecule has 7 rings (SSSR count). The van der Waals surface area contributed by atoms with Gasteiger partial charge in [-0.15, -0.1) is 10.2 Å². The topological polar surface area (TPSA) is 67.3 Å². The average Bonchev–Trinajstić information content (AvgIpc) is 3.44. The number of aromatic nitrogens is 5. The first-order chi connectivity index (χ1) is 16.8. The second-order valence-electron chi connectivity index (χ2n) is 8.95. The number of H-pyrrole nitrogens is 1. The van der Waals surface area contributed by atoms with Gasteiger partial charge >= 0.3 is 0 Å². The summed E-state index contributed by atoms with van der Waals surface area (Å²) in [7, 11) is 0. The molecule has 1 aliphatic carbocycles.